The van der Waals surface area contributed by atoms with E-state index in [-0.39, 0.29) is 41.9 Å². The van der Waals surface area contributed by atoms with Gasteiger partial charge in [0.2, 0.25) is 5.78 Å². The molecule has 0 amide bonds. The van der Waals surface area contributed by atoms with Crippen molar-refractivity contribution in [2.24, 2.45) is 0 Å². The lowest BCUT2D eigenvalue weighted by molar-refractivity contribution is -0.116. The van der Waals surface area contributed by atoms with E-state index in [0.717, 1.165) is 31.2 Å². The van der Waals surface area contributed by atoms with Crippen molar-refractivity contribution in [3.05, 3.63) is 63.8 Å². The number of allylic oxidation sites excluding steroid dienone is 2. The number of aliphatic hydroxyl groups excluding tert-OH is 1. The van der Waals surface area contributed by atoms with E-state index >= 15 is 0 Å². The maximum atomic E-state index is 13.6. The van der Waals surface area contributed by atoms with Crippen LogP contribution in [-0.4, -0.2) is 39.4 Å². The standard InChI is InChI=1S/C24H26N2O5/c1-31-17-12-10-16(11-13-17)26-23(15-6-3-2-4-7-15)25-14-18(24(26)30)22(29)21-19(27)8-5-9-20(21)28/h2-4,6-7,14,16-17,27H,5,8-13H2,1H3/t16-,17-. The van der Waals surface area contributed by atoms with Gasteiger partial charge in [-0.1, -0.05) is 30.3 Å². The van der Waals surface area contributed by atoms with Crippen molar-refractivity contribution in [3.8, 4) is 11.4 Å². The summed E-state index contributed by atoms with van der Waals surface area (Å²) in [6, 6.07) is 9.25. The Kier molecular flexibility index (Phi) is 6.13. The number of ketones is 2. The van der Waals surface area contributed by atoms with Gasteiger partial charge in [0.05, 0.1) is 6.10 Å². The fourth-order valence-corrected chi connectivity index (χ4v) is 4.52. The number of aliphatic hydroxyl groups is 1. The Bertz CT molecular complexity index is 1080. The smallest absolute Gasteiger partial charge is 0.265 e. The second-order valence-corrected chi connectivity index (χ2v) is 8.13. The van der Waals surface area contributed by atoms with E-state index in [4.69, 9.17) is 4.74 Å². The van der Waals surface area contributed by atoms with E-state index < -0.39 is 17.1 Å². The van der Waals surface area contributed by atoms with Crippen molar-refractivity contribution in [2.75, 3.05) is 7.11 Å². The third-order valence-corrected chi connectivity index (χ3v) is 6.22. The normalized spacial score (nSPS) is 21.9. The number of rotatable bonds is 5. The molecule has 31 heavy (non-hydrogen) atoms. The number of hydrogen-bond acceptors (Lipinski definition) is 6. The van der Waals surface area contributed by atoms with Crippen molar-refractivity contribution < 1.29 is 19.4 Å². The number of carbonyl (C=O) groups excluding carboxylic acids is 2. The summed E-state index contributed by atoms with van der Waals surface area (Å²) in [6.45, 7) is 0. The molecule has 1 heterocycles. The number of benzene rings is 1. The predicted molar refractivity (Wildman–Crippen MR) is 115 cm³/mol. The second kappa shape index (κ2) is 8.98. The molecule has 1 aromatic heterocycles. The molecule has 0 aliphatic heterocycles. The van der Waals surface area contributed by atoms with Crippen LogP contribution in [-0.2, 0) is 9.53 Å². The van der Waals surface area contributed by atoms with Crippen LogP contribution in [0.3, 0.4) is 0 Å². The maximum Gasteiger partial charge on any atom is 0.265 e. The monoisotopic (exact) mass is 422 g/mol. The number of Topliss-reactive ketones (excluding diaryl/α,β-unsaturated/α-hetero) is 2. The zero-order chi connectivity index (χ0) is 22.0. The molecule has 2 aliphatic rings. The van der Waals surface area contributed by atoms with Crippen molar-refractivity contribution in [2.45, 2.75) is 57.1 Å². The Morgan fingerprint density at radius 3 is 2.45 bits per heavy atom. The highest BCUT2D eigenvalue weighted by Gasteiger charge is 2.32. The van der Waals surface area contributed by atoms with Crippen LogP contribution in [0.1, 0.15) is 61.3 Å². The summed E-state index contributed by atoms with van der Waals surface area (Å²) >= 11 is 0. The van der Waals surface area contributed by atoms with Gasteiger partial charge in [-0.25, -0.2) is 4.98 Å². The van der Waals surface area contributed by atoms with E-state index in [9.17, 15) is 19.5 Å². The molecule has 1 saturated carbocycles. The molecule has 1 fully saturated rings. The first kappa shape index (κ1) is 21.2. The summed E-state index contributed by atoms with van der Waals surface area (Å²) in [7, 11) is 1.69. The van der Waals surface area contributed by atoms with Gasteiger partial charge in [-0.15, -0.1) is 0 Å². The van der Waals surface area contributed by atoms with Crippen LogP contribution in [0.15, 0.2) is 52.7 Å². The Labute approximate surface area is 180 Å². The third-order valence-electron chi connectivity index (χ3n) is 6.22. The van der Waals surface area contributed by atoms with Gasteiger partial charge in [-0.3, -0.25) is 19.0 Å². The Hall–Kier alpha value is -3.06. The van der Waals surface area contributed by atoms with Gasteiger partial charge in [-0.2, -0.15) is 0 Å². The van der Waals surface area contributed by atoms with Crippen LogP contribution in [0.25, 0.3) is 11.4 Å². The summed E-state index contributed by atoms with van der Waals surface area (Å²) in [6.07, 6.45) is 5.43. The summed E-state index contributed by atoms with van der Waals surface area (Å²) in [5, 5.41) is 10.2. The van der Waals surface area contributed by atoms with Crippen LogP contribution >= 0.6 is 0 Å². The van der Waals surface area contributed by atoms with E-state index in [1.54, 1.807) is 11.7 Å². The summed E-state index contributed by atoms with van der Waals surface area (Å²) < 4.78 is 7.05. The average molecular weight is 422 g/mol. The van der Waals surface area contributed by atoms with Gasteiger partial charge in [0, 0.05) is 37.8 Å². The molecule has 4 rings (SSSR count). The molecule has 0 spiro atoms. The first-order valence-electron chi connectivity index (χ1n) is 10.7. The molecule has 0 bridgehead atoms. The number of nitrogens with zero attached hydrogens (tertiary/aromatic N) is 2. The number of methoxy groups -OCH3 is 1. The Morgan fingerprint density at radius 1 is 1.10 bits per heavy atom. The quantitative estimate of drug-likeness (QED) is 0.581. The zero-order valence-corrected chi connectivity index (χ0v) is 17.5. The number of hydrogen-bond donors (Lipinski definition) is 1. The van der Waals surface area contributed by atoms with E-state index in [1.807, 2.05) is 30.3 Å². The average Bonchev–Trinajstić information content (AvgIpc) is 2.79. The highest BCUT2D eigenvalue weighted by molar-refractivity contribution is 6.26. The number of carbonyl (C=O) groups is 2. The minimum atomic E-state index is -0.737. The second-order valence-electron chi connectivity index (χ2n) is 8.13. The molecular weight excluding hydrogens is 396 g/mol. The van der Waals surface area contributed by atoms with Crippen LogP contribution in [0.5, 0.6) is 0 Å². The number of ether oxygens (including phenoxy) is 1. The van der Waals surface area contributed by atoms with Gasteiger partial charge in [0.1, 0.15) is 22.7 Å². The fraction of sp³-hybridized carbons (Fsp3) is 0.417. The SMILES string of the molecule is CO[C@H]1CC[C@H](n2c(-c3ccccc3)ncc(C(=O)C3=C(O)CCCC3=O)c2=O)CC1. The molecule has 1 N–H and O–H groups in total. The highest BCUT2D eigenvalue weighted by atomic mass is 16.5. The molecule has 0 saturated heterocycles. The highest BCUT2D eigenvalue weighted by Crippen LogP contribution is 2.32. The first-order valence-corrected chi connectivity index (χ1v) is 10.7. The van der Waals surface area contributed by atoms with Crippen molar-refractivity contribution in [1.29, 1.82) is 0 Å². The van der Waals surface area contributed by atoms with Crippen molar-refractivity contribution >= 4 is 11.6 Å². The summed E-state index contributed by atoms with van der Waals surface area (Å²) in [5.74, 6) is -0.901. The molecule has 7 heteroatoms. The van der Waals surface area contributed by atoms with E-state index in [2.05, 4.69) is 4.98 Å². The van der Waals surface area contributed by atoms with Gasteiger partial charge in [0.25, 0.3) is 5.56 Å². The lowest BCUT2D eigenvalue weighted by Gasteiger charge is -2.30. The lowest BCUT2D eigenvalue weighted by atomic mass is 9.90. The lowest BCUT2D eigenvalue weighted by Crippen LogP contribution is -2.35. The van der Waals surface area contributed by atoms with E-state index in [1.165, 1.54) is 6.20 Å². The molecule has 1 aromatic carbocycles. The molecule has 2 aromatic rings. The Balaban J connectivity index is 1.82. The first-order chi connectivity index (χ1) is 15.0. The number of aromatic nitrogens is 2. The van der Waals surface area contributed by atoms with Crippen LogP contribution in [0, 0.1) is 0 Å². The van der Waals surface area contributed by atoms with Crippen molar-refractivity contribution in [3.63, 3.8) is 0 Å². The topological polar surface area (TPSA) is 98.5 Å². The molecule has 162 valence electrons. The van der Waals surface area contributed by atoms with Gasteiger partial charge >= 0.3 is 0 Å². The molecule has 2 aliphatic carbocycles. The Morgan fingerprint density at radius 2 is 1.81 bits per heavy atom. The minimum absolute atomic E-state index is 0.126. The van der Waals surface area contributed by atoms with Crippen LogP contribution in [0.4, 0.5) is 0 Å². The molecule has 0 radical (unpaired) electrons. The zero-order valence-electron chi connectivity index (χ0n) is 17.5. The van der Waals surface area contributed by atoms with Crippen molar-refractivity contribution in [1.82, 2.24) is 9.55 Å². The summed E-state index contributed by atoms with van der Waals surface area (Å²) in [4.78, 5) is 43.5. The van der Waals surface area contributed by atoms with Gasteiger partial charge in [-0.05, 0) is 32.1 Å². The third kappa shape index (κ3) is 4.10. The molecule has 0 atom stereocenters. The summed E-state index contributed by atoms with van der Waals surface area (Å²) in [5.41, 5.74) is -0.140. The van der Waals surface area contributed by atoms with E-state index in [0.29, 0.717) is 12.2 Å². The largest absolute Gasteiger partial charge is 0.511 e. The van der Waals surface area contributed by atoms with Gasteiger partial charge in [0.15, 0.2) is 5.78 Å². The fourth-order valence-electron chi connectivity index (χ4n) is 4.52. The van der Waals surface area contributed by atoms with Crippen LogP contribution < -0.4 is 5.56 Å². The minimum Gasteiger partial charge on any atom is -0.511 e. The molecular formula is C24H26N2O5. The van der Waals surface area contributed by atoms with Gasteiger partial charge < -0.3 is 9.84 Å². The maximum absolute atomic E-state index is 13.6. The molecule has 7 nitrogen and oxygen atoms in total. The molecule has 0 unspecified atom stereocenters. The predicted octanol–water partition coefficient (Wildman–Crippen LogP) is 3.79. The van der Waals surface area contributed by atoms with Crippen LogP contribution in [0.2, 0.25) is 0 Å².